The van der Waals surface area contributed by atoms with Gasteiger partial charge in [-0.25, -0.2) is 4.79 Å². The van der Waals surface area contributed by atoms with Gasteiger partial charge in [0.1, 0.15) is 0 Å². The minimum absolute atomic E-state index is 0.0519. The predicted octanol–water partition coefficient (Wildman–Crippen LogP) is 0.234. The van der Waals surface area contributed by atoms with Crippen LogP contribution in [0.2, 0.25) is 0 Å². The third-order valence-corrected chi connectivity index (χ3v) is 3.32. The van der Waals surface area contributed by atoms with Crippen molar-refractivity contribution in [1.82, 2.24) is 9.80 Å². The third kappa shape index (κ3) is 2.69. The lowest BCUT2D eigenvalue weighted by atomic mass is 10.1. The van der Waals surface area contributed by atoms with Crippen LogP contribution >= 0.6 is 0 Å². The fraction of sp³-hybridized carbons (Fsp3) is 0.818. The Kier molecular flexibility index (Phi) is 3.51. The van der Waals surface area contributed by atoms with E-state index in [1.807, 2.05) is 6.92 Å². The van der Waals surface area contributed by atoms with Crippen LogP contribution in [0.4, 0.5) is 4.79 Å². The summed E-state index contributed by atoms with van der Waals surface area (Å²) in [5.41, 5.74) is 0. The van der Waals surface area contributed by atoms with Crippen LogP contribution in [0.3, 0.4) is 0 Å². The van der Waals surface area contributed by atoms with Crippen molar-refractivity contribution in [1.29, 1.82) is 0 Å². The first-order valence-electron chi connectivity index (χ1n) is 5.96. The van der Waals surface area contributed by atoms with Crippen LogP contribution in [0.1, 0.15) is 13.3 Å². The van der Waals surface area contributed by atoms with Crippen molar-refractivity contribution in [2.45, 2.75) is 19.4 Å². The number of carbonyl (C=O) groups is 2. The van der Waals surface area contributed by atoms with Gasteiger partial charge in [0, 0.05) is 26.2 Å². The molecule has 2 amide bonds. The molecule has 2 aliphatic rings. The largest absolute Gasteiger partial charge is 0.481 e. The molecule has 17 heavy (non-hydrogen) atoms. The summed E-state index contributed by atoms with van der Waals surface area (Å²) in [6, 6.07) is -0.0519. The molecule has 0 aromatic carbocycles. The van der Waals surface area contributed by atoms with Gasteiger partial charge in [0.25, 0.3) is 0 Å². The van der Waals surface area contributed by atoms with Crippen LogP contribution in [0.5, 0.6) is 0 Å². The predicted molar refractivity (Wildman–Crippen MR) is 59.7 cm³/mol. The molecule has 0 spiro atoms. The van der Waals surface area contributed by atoms with Gasteiger partial charge in [-0.3, -0.25) is 4.79 Å². The summed E-state index contributed by atoms with van der Waals surface area (Å²) >= 11 is 0. The van der Waals surface area contributed by atoms with Crippen molar-refractivity contribution in [3.8, 4) is 0 Å². The molecule has 0 aromatic heterocycles. The number of nitrogens with zero attached hydrogens (tertiary/aromatic N) is 2. The highest BCUT2D eigenvalue weighted by Gasteiger charge is 2.34. The molecule has 6 nitrogen and oxygen atoms in total. The molecule has 2 saturated heterocycles. The van der Waals surface area contributed by atoms with Gasteiger partial charge in [0.05, 0.1) is 18.6 Å². The summed E-state index contributed by atoms with van der Waals surface area (Å²) in [4.78, 5) is 26.3. The molecule has 2 fully saturated rings. The molecule has 0 saturated carbocycles. The lowest BCUT2D eigenvalue weighted by Gasteiger charge is -2.34. The Balaban J connectivity index is 1.90. The van der Waals surface area contributed by atoms with E-state index in [9.17, 15) is 9.59 Å². The lowest BCUT2D eigenvalue weighted by Crippen LogP contribution is -2.49. The van der Waals surface area contributed by atoms with Crippen LogP contribution in [0, 0.1) is 5.92 Å². The van der Waals surface area contributed by atoms with E-state index < -0.39 is 11.9 Å². The number of hydrogen-bond acceptors (Lipinski definition) is 3. The minimum atomic E-state index is -0.810. The summed E-state index contributed by atoms with van der Waals surface area (Å²) in [6.07, 6.45) is 0.617. The molecule has 0 aliphatic carbocycles. The molecule has 2 unspecified atom stereocenters. The maximum absolute atomic E-state index is 12.1. The molecule has 96 valence electrons. The number of aliphatic carboxylic acids is 1. The van der Waals surface area contributed by atoms with E-state index in [4.69, 9.17) is 9.84 Å². The minimum Gasteiger partial charge on any atom is -0.481 e. The summed E-state index contributed by atoms with van der Waals surface area (Å²) in [5.74, 6) is -1.21. The second-order valence-corrected chi connectivity index (χ2v) is 4.68. The van der Waals surface area contributed by atoms with Gasteiger partial charge in [0.2, 0.25) is 0 Å². The molecule has 0 radical (unpaired) electrons. The number of amides is 2. The zero-order valence-electron chi connectivity index (χ0n) is 9.96. The van der Waals surface area contributed by atoms with E-state index in [0.717, 1.165) is 0 Å². The highest BCUT2D eigenvalue weighted by Crippen LogP contribution is 2.18. The Hall–Kier alpha value is -1.30. The first-order valence-corrected chi connectivity index (χ1v) is 5.96. The van der Waals surface area contributed by atoms with Crippen molar-refractivity contribution < 1.29 is 19.4 Å². The van der Waals surface area contributed by atoms with E-state index in [1.54, 1.807) is 9.80 Å². The number of likely N-dealkylation sites (tertiary alicyclic amines) is 1. The Labute approximate surface area is 100 Å². The van der Waals surface area contributed by atoms with Gasteiger partial charge in [-0.2, -0.15) is 0 Å². The third-order valence-electron chi connectivity index (χ3n) is 3.32. The molecule has 2 heterocycles. The van der Waals surface area contributed by atoms with E-state index in [2.05, 4.69) is 0 Å². The standard InChI is InChI=1S/C11H18N2O4/c1-8-6-13(4-5-17-8)11(16)12-3-2-9(7-12)10(14)15/h8-9H,2-7H2,1H3,(H,14,15). The molecule has 2 atom stereocenters. The lowest BCUT2D eigenvalue weighted by molar-refractivity contribution is -0.141. The van der Waals surface area contributed by atoms with Crippen LogP contribution in [-0.4, -0.2) is 65.8 Å². The highest BCUT2D eigenvalue weighted by molar-refractivity contribution is 5.77. The fourth-order valence-electron chi connectivity index (χ4n) is 2.33. The molecule has 1 N–H and O–H groups in total. The first kappa shape index (κ1) is 12.2. The average molecular weight is 242 g/mol. The molecule has 2 rings (SSSR count). The molecule has 6 heteroatoms. The maximum atomic E-state index is 12.1. The highest BCUT2D eigenvalue weighted by atomic mass is 16.5. The number of ether oxygens (including phenoxy) is 1. The van der Waals surface area contributed by atoms with Gasteiger partial charge < -0.3 is 19.6 Å². The average Bonchev–Trinajstić information content (AvgIpc) is 2.77. The van der Waals surface area contributed by atoms with Gasteiger partial charge >= 0.3 is 12.0 Å². The Morgan fingerprint density at radius 2 is 1.94 bits per heavy atom. The van der Waals surface area contributed by atoms with Crippen molar-refractivity contribution in [2.24, 2.45) is 5.92 Å². The molecule has 2 aliphatic heterocycles. The second kappa shape index (κ2) is 4.91. The Morgan fingerprint density at radius 3 is 2.53 bits per heavy atom. The van der Waals surface area contributed by atoms with Gasteiger partial charge in [-0.05, 0) is 13.3 Å². The summed E-state index contributed by atoms with van der Waals surface area (Å²) in [6.45, 7) is 4.55. The number of carboxylic acids is 1. The molecule has 0 aromatic rings. The number of urea groups is 1. The number of hydrogen-bond donors (Lipinski definition) is 1. The van der Waals surface area contributed by atoms with Crippen LogP contribution in [0.25, 0.3) is 0 Å². The van der Waals surface area contributed by atoms with E-state index in [0.29, 0.717) is 39.2 Å². The van der Waals surface area contributed by atoms with E-state index in [-0.39, 0.29) is 12.1 Å². The normalized spacial score (nSPS) is 29.5. The number of carboxylic acid groups (broad SMARTS) is 1. The first-order chi connectivity index (χ1) is 8.08. The quantitative estimate of drug-likeness (QED) is 0.714. The zero-order valence-corrected chi connectivity index (χ0v) is 9.96. The number of rotatable bonds is 1. The summed E-state index contributed by atoms with van der Waals surface area (Å²) < 4.78 is 5.37. The Bertz CT molecular complexity index is 321. The summed E-state index contributed by atoms with van der Waals surface area (Å²) in [5, 5.41) is 8.89. The second-order valence-electron chi connectivity index (χ2n) is 4.68. The molecular formula is C11H18N2O4. The van der Waals surface area contributed by atoms with E-state index >= 15 is 0 Å². The Morgan fingerprint density at radius 1 is 1.24 bits per heavy atom. The van der Waals surface area contributed by atoms with Crippen molar-refractivity contribution in [2.75, 3.05) is 32.8 Å². The topological polar surface area (TPSA) is 70.1 Å². The SMILES string of the molecule is CC1CN(C(=O)N2CCC(C(=O)O)C2)CCO1. The maximum Gasteiger partial charge on any atom is 0.320 e. The van der Waals surface area contributed by atoms with Crippen LogP contribution in [-0.2, 0) is 9.53 Å². The zero-order chi connectivity index (χ0) is 12.4. The van der Waals surface area contributed by atoms with Gasteiger partial charge in [-0.1, -0.05) is 0 Å². The van der Waals surface area contributed by atoms with Crippen molar-refractivity contribution >= 4 is 12.0 Å². The summed E-state index contributed by atoms with van der Waals surface area (Å²) in [7, 11) is 0. The molecule has 0 bridgehead atoms. The van der Waals surface area contributed by atoms with Crippen LogP contribution < -0.4 is 0 Å². The number of morpholine rings is 1. The monoisotopic (exact) mass is 242 g/mol. The van der Waals surface area contributed by atoms with E-state index in [1.165, 1.54) is 0 Å². The van der Waals surface area contributed by atoms with Crippen molar-refractivity contribution in [3.63, 3.8) is 0 Å². The smallest absolute Gasteiger partial charge is 0.320 e. The van der Waals surface area contributed by atoms with Crippen molar-refractivity contribution in [3.05, 3.63) is 0 Å². The fourth-order valence-corrected chi connectivity index (χ4v) is 2.33. The molecular weight excluding hydrogens is 224 g/mol. The van der Waals surface area contributed by atoms with Gasteiger partial charge in [-0.15, -0.1) is 0 Å². The van der Waals surface area contributed by atoms with Crippen LogP contribution in [0.15, 0.2) is 0 Å². The van der Waals surface area contributed by atoms with Gasteiger partial charge in [0.15, 0.2) is 0 Å². The number of carbonyl (C=O) groups excluding carboxylic acids is 1.